The second-order valence-electron chi connectivity index (χ2n) is 7.59. The number of benzene rings is 2. The van der Waals surface area contributed by atoms with Crippen LogP contribution in [-0.2, 0) is 21.4 Å². The number of hydrogen-bond acceptors (Lipinski definition) is 5. The molecule has 4 rings (SSSR count). The summed E-state index contributed by atoms with van der Waals surface area (Å²) in [4.78, 5) is 12.2. The van der Waals surface area contributed by atoms with E-state index < -0.39 is 10.0 Å². The van der Waals surface area contributed by atoms with Crippen molar-refractivity contribution in [2.45, 2.75) is 31.2 Å². The van der Waals surface area contributed by atoms with Crippen LogP contribution in [0, 0.1) is 12.8 Å². The molecule has 32 heavy (non-hydrogen) atoms. The molecule has 0 atom stereocenters. The van der Waals surface area contributed by atoms with Gasteiger partial charge in [0.15, 0.2) is 5.76 Å². The molecule has 2 N–H and O–H groups in total. The van der Waals surface area contributed by atoms with Crippen molar-refractivity contribution in [3.8, 4) is 0 Å². The standard InChI is InChI=1S/C23H22ClN3O4S/c1-15-22(26-23(28)17-9-10-17)21(31-27-15)13-8-16-6-11-19(12-7-16)32(29,30)25-14-18-4-2-3-5-20(18)24/h2-8,11-13,17,25H,9-10,14H2,1H3,(H,26,28). The van der Waals surface area contributed by atoms with Crippen LogP contribution in [-0.4, -0.2) is 19.5 Å². The number of carbonyl (C=O) groups excluding carboxylic acids is 1. The zero-order valence-corrected chi connectivity index (χ0v) is 18.9. The summed E-state index contributed by atoms with van der Waals surface area (Å²) in [6, 6.07) is 13.5. The van der Waals surface area contributed by atoms with Crippen LogP contribution >= 0.6 is 11.6 Å². The fraction of sp³-hybridized carbons (Fsp3) is 0.217. The Hall–Kier alpha value is -2.94. The molecule has 1 fully saturated rings. The highest BCUT2D eigenvalue weighted by Gasteiger charge is 2.30. The van der Waals surface area contributed by atoms with Crippen LogP contribution in [0.25, 0.3) is 12.2 Å². The summed E-state index contributed by atoms with van der Waals surface area (Å²) >= 11 is 6.09. The van der Waals surface area contributed by atoms with E-state index in [-0.39, 0.29) is 23.3 Å². The van der Waals surface area contributed by atoms with Crippen LogP contribution in [0.5, 0.6) is 0 Å². The Kier molecular flexibility index (Phi) is 6.45. The average Bonchev–Trinajstić information content (AvgIpc) is 3.58. The first-order chi connectivity index (χ1) is 15.3. The van der Waals surface area contributed by atoms with E-state index in [0.717, 1.165) is 18.4 Å². The molecular weight excluding hydrogens is 450 g/mol. The highest BCUT2D eigenvalue weighted by atomic mass is 35.5. The SMILES string of the molecule is Cc1noc(C=Cc2ccc(S(=O)(=O)NCc3ccccc3Cl)cc2)c1NC(=O)C1CC1. The highest BCUT2D eigenvalue weighted by molar-refractivity contribution is 7.89. The summed E-state index contributed by atoms with van der Waals surface area (Å²) in [7, 11) is -3.69. The number of hydrogen-bond donors (Lipinski definition) is 2. The number of aryl methyl sites for hydroxylation is 1. The summed E-state index contributed by atoms with van der Waals surface area (Å²) < 4.78 is 33.0. The van der Waals surface area contributed by atoms with Gasteiger partial charge in [0, 0.05) is 17.5 Å². The lowest BCUT2D eigenvalue weighted by atomic mass is 10.2. The molecule has 0 radical (unpaired) electrons. The van der Waals surface area contributed by atoms with Gasteiger partial charge in [-0.1, -0.05) is 53.2 Å². The van der Waals surface area contributed by atoms with Gasteiger partial charge >= 0.3 is 0 Å². The number of sulfonamides is 1. The van der Waals surface area contributed by atoms with E-state index in [1.54, 1.807) is 55.5 Å². The van der Waals surface area contributed by atoms with Crippen molar-refractivity contribution in [2.75, 3.05) is 5.32 Å². The van der Waals surface area contributed by atoms with Gasteiger partial charge in [0.25, 0.3) is 0 Å². The fourth-order valence-electron chi connectivity index (χ4n) is 3.05. The quantitative estimate of drug-likeness (QED) is 0.498. The van der Waals surface area contributed by atoms with Gasteiger partial charge in [-0.25, -0.2) is 13.1 Å². The Morgan fingerprint density at radius 2 is 1.88 bits per heavy atom. The largest absolute Gasteiger partial charge is 0.354 e. The third-order valence-corrected chi connectivity index (χ3v) is 6.90. The topological polar surface area (TPSA) is 101 Å². The molecule has 7 nitrogen and oxygen atoms in total. The summed E-state index contributed by atoms with van der Waals surface area (Å²) in [5.74, 6) is 0.488. The van der Waals surface area contributed by atoms with E-state index in [9.17, 15) is 13.2 Å². The van der Waals surface area contributed by atoms with Gasteiger partial charge in [-0.2, -0.15) is 0 Å². The minimum atomic E-state index is -3.69. The molecule has 1 amide bonds. The Morgan fingerprint density at radius 3 is 2.56 bits per heavy atom. The minimum Gasteiger partial charge on any atom is -0.354 e. The maximum atomic E-state index is 12.6. The molecule has 1 aliphatic carbocycles. The van der Waals surface area contributed by atoms with Gasteiger partial charge in [0.1, 0.15) is 11.4 Å². The van der Waals surface area contributed by atoms with Crippen LogP contribution in [0.4, 0.5) is 5.69 Å². The third-order valence-electron chi connectivity index (χ3n) is 5.11. The Bertz CT molecular complexity index is 1260. The lowest BCUT2D eigenvalue weighted by Crippen LogP contribution is -2.23. The Labute approximate surface area is 191 Å². The van der Waals surface area contributed by atoms with E-state index in [2.05, 4.69) is 15.2 Å². The van der Waals surface area contributed by atoms with Gasteiger partial charge in [0.2, 0.25) is 15.9 Å². The molecule has 1 saturated carbocycles. The molecule has 0 saturated heterocycles. The highest BCUT2D eigenvalue weighted by Crippen LogP contribution is 2.32. The smallest absolute Gasteiger partial charge is 0.240 e. The first-order valence-corrected chi connectivity index (χ1v) is 12.0. The van der Waals surface area contributed by atoms with E-state index in [4.69, 9.17) is 16.1 Å². The maximum Gasteiger partial charge on any atom is 0.240 e. The second kappa shape index (κ2) is 9.28. The van der Waals surface area contributed by atoms with E-state index in [1.807, 2.05) is 0 Å². The van der Waals surface area contributed by atoms with Crippen LogP contribution in [0.3, 0.4) is 0 Å². The van der Waals surface area contributed by atoms with Crippen molar-refractivity contribution in [2.24, 2.45) is 5.92 Å². The maximum absolute atomic E-state index is 12.6. The molecule has 2 aromatic carbocycles. The summed E-state index contributed by atoms with van der Waals surface area (Å²) in [6.45, 7) is 1.86. The lowest BCUT2D eigenvalue weighted by Gasteiger charge is -2.08. The number of anilines is 1. The number of nitrogens with one attached hydrogen (secondary N) is 2. The van der Waals surface area contributed by atoms with Crippen LogP contribution in [0.1, 0.15) is 35.4 Å². The molecule has 0 aliphatic heterocycles. The predicted molar refractivity (Wildman–Crippen MR) is 123 cm³/mol. The average molecular weight is 472 g/mol. The third kappa shape index (κ3) is 5.27. The van der Waals surface area contributed by atoms with Crippen molar-refractivity contribution in [3.05, 3.63) is 76.1 Å². The Morgan fingerprint density at radius 1 is 1.16 bits per heavy atom. The van der Waals surface area contributed by atoms with E-state index >= 15 is 0 Å². The summed E-state index contributed by atoms with van der Waals surface area (Å²) in [5, 5.41) is 7.30. The Balaban J connectivity index is 1.43. The normalized spacial score (nSPS) is 14.1. The number of rotatable bonds is 8. The first-order valence-electron chi connectivity index (χ1n) is 10.1. The second-order valence-corrected chi connectivity index (χ2v) is 9.76. The van der Waals surface area contributed by atoms with Crippen LogP contribution < -0.4 is 10.0 Å². The summed E-state index contributed by atoms with van der Waals surface area (Å²) in [5.41, 5.74) is 2.62. The van der Waals surface area contributed by atoms with E-state index in [1.165, 1.54) is 12.1 Å². The van der Waals surface area contributed by atoms with Gasteiger partial charge in [-0.05, 0) is 55.2 Å². The molecule has 1 heterocycles. The number of carbonyl (C=O) groups is 1. The van der Waals surface area contributed by atoms with Crippen molar-refractivity contribution < 1.29 is 17.7 Å². The zero-order chi connectivity index (χ0) is 22.7. The molecule has 0 bridgehead atoms. The first kappa shape index (κ1) is 22.3. The summed E-state index contributed by atoms with van der Waals surface area (Å²) in [6.07, 6.45) is 5.27. The molecule has 0 spiro atoms. The van der Waals surface area contributed by atoms with Crippen molar-refractivity contribution in [1.82, 2.24) is 9.88 Å². The van der Waals surface area contributed by atoms with Gasteiger partial charge in [-0.3, -0.25) is 4.79 Å². The molecule has 166 valence electrons. The fourth-order valence-corrected chi connectivity index (χ4v) is 4.26. The monoisotopic (exact) mass is 471 g/mol. The van der Waals surface area contributed by atoms with Crippen molar-refractivity contribution in [1.29, 1.82) is 0 Å². The molecule has 3 aromatic rings. The minimum absolute atomic E-state index is 0.0233. The number of nitrogens with zero attached hydrogens (tertiary/aromatic N) is 1. The van der Waals surface area contributed by atoms with Crippen molar-refractivity contribution >= 4 is 45.4 Å². The zero-order valence-electron chi connectivity index (χ0n) is 17.3. The number of amides is 1. The van der Waals surface area contributed by atoms with E-state index in [0.29, 0.717) is 27.7 Å². The van der Waals surface area contributed by atoms with Crippen molar-refractivity contribution in [3.63, 3.8) is 0 Å². The number of halogens is 1. The van der Waals surface area contributed by atoms with Crippen LogP contribution in [0.2, 0.25) is 5.02 Å². The van der Waals surface area contributed by atoms with Gasteiger partial charge < -0.3 is 9.84 Å². The van der Waals surface area contributed by atoms with Gasteiger partial charge in [0.05, 0.1) is 4.90 Å². The molecule has 9 heteroatoms. The number of aromatic nitrogens is 1. The molecule has 1 aliphatic rings. The van der Waals surface area contributed by atoms with Gasteiger partial charge in [-0.15, -0.1) is 0 Å². The molecular formula is C23H22ClN3O4S. The molecule has 0 unspecified atom stereocenters. The lowest BCUT2D eigenvalue weighted by molar-refractivity contribution is -0.117. The molecule has 1 aromatic heterocycles. The predicted octanol–water partition coefficient (Wildman–Crippen LogP) is 4.63. The van der Waals surface area contributed by atoms with Crippen LogP contribution in [0.15, 0.2) is 57.9 Å².